The van der Waals surface area contributed by atoms with Crippen LogP contribution in [0.2, 0.25) is 0 Å². The second kappa shape index (κ2) is 3.82. The molecule has 2 aliphatic rings. The first kappa shape index (κ1) is 10.4. The lowest BCUT2D eigenvalue weighted by molar-refractivity contribution is -0.0156. The molecule has 1 aliphatic carbocycles. The molecule has 2 heteroatoms. The van der Waals surface area contributed by atoms with E-state index in [1.54, 1.807) is 0 Å². The van der Waals surface area contributed by atoms with Crippen molar-refractivity contribution >= 4 is 0 Å². The van der Waals surface area contributed by atoms with E-state index in [1.165, 1.54) is 25.9 Å². The number of hydrogen-bond acceptors (Lipinski definition) is 2. The zero-order valence-electron chi connectivity index (χ0n) is 9.50. The molecule has 1 saturated heterocycles. The minimum absolute atomic E-state index is 0.340. The fraction of sp³-hybridized carbons (Fsp3) is 1.00. The lowest BCUT2D eigenvalue weighted by Gasteiger charge is -2.35. The average Bonchev–Trinajstić information content (AvgIpc) is 2.34. The van der Waals surface area contributed by atoms with Crippen LogP contribution in [0.4, 0.5) is 0 Å². The van der Waals surface area contributed by atoms with Crippen LogP contribution in [0.5, 0.6) is 0 Å². The lowest BCUT2D eigenvalue weighted by atomic mass is 9.83. The van der Waals surface area contributed by atoms with E-state index in [2.05, 4.69) is 18.9 Å². The van der Waals surface area contributed by atoms with Crippen molar-refractivity contribution in [1.29, 1.82) is 0 Å². The van der Waals surface area contributed by atoms with E-state index in [0.717, 1.165) is 31.1 Å². The standard InChI is InChI=1S/C12H23NO/c1-3-12(14)6-10-4-5-11(7-12)9-13(2)8-10/h10-11,14H,3-9H2,1-2H3. The number of fused-ring (bicyclic) bond motifs is 3. The van der Waals surface area contributed by atoms with Gasteiger partial charge in [-0.15, -0.1) is 0 Å². The number of likely N-dealkylation sites (tertiary alicyclic amines) is 1. The van der Waals surface area contributed by atoms with Gasteiger partial charge in [-0.3, -0.25) is 0 Å². The van der Waals surface area contributed by atoms with Gasteiger partial charge in [0.2, 0.25) is 0 Å². The summed E-state index contributed by atoms with van der Waals surface area (Å²) >= 11 is 0. The second-order valence-electron chi connectivity index (χ2n) is 5.52. The van der Waals surface area contributed by atoms with Gasteiger partial charge in [0.1, 0.15) is 0 Å². The first-order valence-electron chi connectivity index (χ1n) is 6.02. The van der Waals surface area contributed by atoms with Crippen molar-refractivity contribution in [2.45, 2.75) is 44.6 Å². The maximum absolute atomic E-state index is 10.4. The first-order chi connectivity index (χ1) is 6.61. The highest BCUT2D eigenvalue weighted by atomic mass is 16.3. The summed E-state index contributed by atoms with van der Waals surface area (Å²) in [6, 6.07) is 0. The molecule has 0 radical (unpaired) electrons. The van der Waals surface area contributed by atoms with Crippen molar-refractivity contribution in [2.75, 3.05) is 20.1 Å². The van der Waals surface area contributed by atoms with Crippen LogP contribution in [0, 0.1) is 11.8 Å². The van der Waals surface area contributed by atoms with E-state index in [9.17, 15) is 5.11 Å². The summed E-state index contributed by atoms with van der Waals surface area (Å²) in [5.74, 6) is 1.47. The fourth-order valence-electron chi connectivity index (χ4n) is 3.39. The van der Waals surface area contributed by atoms with Crippen molar-refractivity contribution in [2.24, 2.45) is 11.8 Å². The third-order valence-electron chi connectivity index (χ3n) is 4.12. The molecule has 1 saturated carbocycles. The largest absolute Gasteiger partial charge is 0.390 e. The zero-order chi connectivity index (χ0) is 10.2. The summed E-state index contributed by atoms with van der Waals surface area (Å²) in [4.78, 5) is 2.46. The Kier molecular flexibility index (Phi) is 2.85. The number of hydrogen-bond donors (Lipinski definition) is 1. The second-order valence-corrected chi connectivity index (χ2v) is 5.52. The minimum atomic E-state index is -0.340. The normalized spacial score (nSPS) is 44.8. The van der Waals surface area contributed by atoms with E-state index in [-0.39, 0.29) is 5.60 Å². The predicted octanol–water partition coefficient (Wildman–Crippen LogP) is 1.88. The maximum Gasteiger partial charge on any atom is 0.0651 e. The van der Waals surface area contributed by atoms with Gasteiger partial charge in [-0.05, 0) is 51.0 Å². The summed E-state index contributed by atoms with van der Waals surface area (Å²) in [5.41, 5.74) is -0.340. The van der Waals surface area contributed by atoms with Gasteiger partial charge >= 0.3 is 0 Å². The van der Waals surface area contributed by atoms with Crippen LogP contribution in [-0.2, 0) is 0 Å². The van der Waals surface area contributed by atoms with Crippen LogP contribution in [0.3, 0.4) is 0 Å². The highest BCUT2D eigenvalue weighted by molar-refractivity contribution is 4.91. The number of rotatable bonds is 1. The maximum atomic E-state index is 10.4. The van der Waals surface area contributed by atoms with Crippen molar-refractivity contribution in [3.05, 3.63) is 0 Å². The van der Waals surface area contributed by atoms with E-state index in [4.69, 9.17) is 0 Å². The SMILES string of the molecule is CCC1(O)CC2CCC(CN(C)C2)C1. The van der Waals surface area contributed by atoms with Crippen LogP contribution < -0.4 is 0 Å². The Bertz CT molecular complexity index is 188. The molecule has 2 atom stereocenters. The van der Waals surface area contributed by atoms with Crippen LogP contribution >= 0.6 is 0 Å². The van der Waals surface area contributed by atoms with Crippen LogP contribution in [0.1, 0.15) is 39.0 Å². The molecule has 0 spiro atoms. The van der Waals surface area contributed by atoms with E-state index in [1.807, 2.05) is 0 Å². The van der Waals surface area contributed by atoms with Gasteiger partial charge in [0.05, 0.1) is 5.60 Å². The molecular weight excluding hydrogens is 174 g/mol. The summed E-state index contributed by atoms with van der Waals surface area (Å²) < 4.78 is 0. The number of nitrogens with zero attached hydrogens (tertiary/aromatic N) is 1. The smallest absolute Gasteiger partial charge is 0.0651 e. The molecule has 14 heavy (non-hydrogen) atoms. The van der Waals surface area contributed by atoms with Gasteiger partial charge < -0.3 is 10.0 Å². The Morgan fingerprint density at radius 2 is 1.71 bits per heavy atom. The topological polar surface area (TPSA) is 23.5 Å². The van der Waals surface area contributed by atoms with Gasteiger partial charge in [0.15, 0.2) is 0 Å². The summed E-state index contributed by atoms with van der Waals surface area (Å²) in [7, 11) is 2.22. The predicted molar refractivity (Wildman–Crippen MR) is 58.2 cm³/mol. The van der Waals surface area contributed by atoms with Gasteiger partial charge in [0, 0.05) is 13.1 Å². The van der Waals surface area contributed by atoms with Crippen molar-refractivity contribution in [3.8, 4) is 0 Å². The lowest BCUT2D eigenvalue weighted by Crippen LogP contribution is -2.39. The number of aliphatic hydroxyl groups is 1. The Morgan fingerprint density at radius 3 is 2.14 bits per heavy atom. The summed E-state index contributed by atoms with van der Waals surface area (Å²) in [6.07, 6.45) is 5.66. The minimum Gasteiger partial charge on any atom is -0.390 e. The Balaban J connectivity index is 2.13. The Hall–Kier alpha value is -0.0800. The molecule has 2 fully saturated rings. The Labute approximate surface area is 87.3 Å². The van der Waals surface area contributed by atoms with Gasteiger partial charge in [0.25, 0.3) is 0 Å². The van der Waals surface area contributed by atoms with Crippen molar-refractivity contribution in [1.82, 2.24) is 4.90 Å². The zero-order valence-corrected chi connectivity index (χ0v) is 9.50. The molecule has 1 heterocycles. The van der Waals surface area contributed by atoms with Gasteiger partial charge in [-0.25, -0.2) is 0 Å². The molecule has 1 N–H and O–H groups in total. The highest BCUT2D eigenvalue weighted by Gasteiger charge is 2.38. The van der Waals surface area contributed by atoms with Crippen molar-refractivity contribution < 1.29 is 5.11 Å². The van der Waals surface area contributed by atoms with Crippen LogP contribution in [-0.4, -0.2) is 35.7 Å². The molecule has 0 aromatic carbocycles. The van der Waals surface area contributed by atoms with Gasteiger partial charge in [-0.2, -0.15) is 0 Å². The molecule has 1 aliphatic heterocycles. The highest BCUT2D eigenvalue weighted by Crippen LogP contribution is 2.39. The van der Waals surface area contributed by atoms with Crippen LogP contribution in [0.25, 0.3) is 0 Å². The third kappa shape index (κ3) is 2.12. The van der Waals surface area contributed by atoms with E-state index < -0.39 is 0 Å². The fourth-order valence-corrected chi connectivity index (χ4v) is 3.39. The Morgan fingerprint density at radius 1 is 1.21 bits per heavy atom. The monoisotopic (exact) mass is 197 g/mol. The molecule has 82 valence electrons. The molecule has 0 aromatic rings. The first-order valence-corrected chi connectivity index (χ1v) is 6.02. The molecule has 2 nitrogen and oxygen atoms in total. The molecule has 2 bridgehead atoms. The molecule has 0 aromatic heterocycles. The molecule has 2 rings (SSSR count). The van der Waals surface area contributed by atoms with E-state index >= 15 is 0 Å². The molecular formula is C12H23NO. The van der Waals surface area contributed by atoms with E-state index in [0.29, 0.717) is 0 Å². The third-order valence-corrected chi connectivity index (χ3v) is 4.12. The molecule has 0 amide bonds. The van der Waals surface area contributed by atoms with Crippen molar-refractivity contribution in [3.63, 3.8) is 0 Å². The molecule has 2 unspecified atom stereocenters. The quantitative estimate of drug-likeness (QED) is 0.694. The van der Waals surface area contributed by atoms with Gasteiger partial charge in [-0.1, -0.05) is 6.92 Å². The summed E-state index contributed by atoms with van der Waals surface area (Å²) in [5, 5.41) is 10.4. The summed E-state index contributed by atoms with van der Waals surface area (Å²) in [6.45, 7) is 4.52. The van der Waals surface area contributed by atoms with Crippen LogP contribution in [0.15, 0.2) is 0 Å². The average molecular weight is 197 g/mol.